The summed E-state index contributed by atoms with van der Waals surface area (Å²) in [5.41, 5.74) is 7.53. The van der Waals surface area contributed by atoms with E-state index in [-0.39, 0.29) is 5.75 Å². The number of rotatable bonds is 4. The third-order valence-electron chi connectivity index (χ3n) is 3.63. The minimum absolute atomic E-state index is 0.254. The summed E-state index contributed by atoms with van der Waals surface area (Å²) >= 11 is 6.89. The first-order valence-corrected chi connectivity index (χ1v) is 8.95. The van der Waals surface area contributed by atoms with E-state index < -0.39 is 11.9 Å². The van der Waals surface area contributed by atoms with Gasteiger partial charge in [-0.05, 0) is 50.1 Å². The fraction of sp³-hybridized carbons (Fsp3) is 0.118. The molecule has 9 heteroatoms. The van der Waals surface area contributed by atoms with Gasteiger partial charge < -0.3 is 20.2 Å². The minimum atomic E-state index is -0.559. The van der Waals surface area contributed by atoms with Crippen molar-refractivity contribution in [2.45, 2.75) is 6.92 Å². The molecule has 0 bridgehead atoms. The van der Waals surface area contributed by atoms with Gasteiger partial charge in [-0.25, -0.2) is 4.98 Å². The Bertz CT molecular complexity index is 1050. The topological polar surface area (TPSA) is 107 Å². The first kappa shape index (κ1) is 18.4. The monoisotopic (exact) mass is 481 g/mol. The summed E-state index contributed by atoms with van der Waals surface area (Å²) in [5, 5.41) is 0. The highest BCUT2D eigenvalue weighted by molar-refractivity contribution is 9.13. The number of carbonyl (C=O) groups is 2. The molecule has 1 heterocycles. The van der Waals surface area contributed by atoms with Gasteiger partial charge >= 0.3 is 5.97 Å². The second-order valence-corrected chi connectivity index (χ2v) is 6.91. The number of benzene rings is 2. The van der Waals surface area contributed by atoms with Crippen molar-refractivity contribution in [3.05, 3.63) is 38.8 Å². The normalized spacial score (nSPS) is 10.8. The van der Waals surface area contributed by atoms with Gasteiger partial charge in [0.1, 0.15) is 11.3 Å². The molecule has 0 spiro atoms. The number of para-hydroxylation sites is 1. The molecule has 0 fully saturated rings. The molecule has 3 aromatic rings. The lowest BCUT2D eigenvalue weighted by Gasteiger charge is -2.14. The van der Waals surface area contributed by atoms with Gasteiger partial charge in [0.05, 0.1) is 22.7 Å². The number of fused-ring (bicyclic) bond motifs is 1. The zero-order chi connectivity index (χ0) is 19.0. The molecule has 3 N–H and O–H groups in total. The molecule has 0 aliphatic carbocycles. The molecule has 3 rings (SSSR count). The van der Waals surface area contributed by atoms with Crippen LogP contribution in [0.1, 0.15) is 17.3 Å². The summed E-state index contributed by atoms with van der Waals surface area (Å²) in [4.78, 5) is 30.6. The van der Waals surface area contributed by atoms with Crippen molar-refractivity contribution >= 4 is 54.8 Å². The van der Waals surface area contributed by atoms with Crippen LogP contribution in [0.4, 0.5) is 0 Å². The molecule has 134 valence electrons. The lowest BCUT2D eigenvalue weighted by Crippen LogP contribution is -2.11. The van der Waals surface area contributed by atoms with Crippen LogP contribution < -0.4 is 15.2 Å². The number of aromatic amines is 1. The van der Waals surface area contributed by atoms with Gasteiger partial charge in [0.15, 0.2) is 11.5 Å². The number of nitrogens with two attached hydrogens (primary N) is 1. The summed E-state index contributed by atoms with van der Waals surface area (Å²) in [6.45, 7) is 1.30. The number of amides is 1. The van der Waals surface area contributed by atoms with Crippen LogP contribution in [0.2, 0.25) is 0 Å². The van der Waals surface area contributed by atoms with Crippen LogP contribution in [0, 0.1) is 0 Å². The van der Waals surface area contributed by atoms with Crippen LogP contribution in [0.5, 0.6) is 11.5 Å². The third kappa shape index (κ3) is 3.19. The molecule has 7 nitrogen and oxygen atoms in total. The van der Waals surface area contributed by atoms with Crippen molar-refractivity contribution in [2.24, 2.45) is 5.73 Å². The van der Waals surface area contributed by atoms with Crippen molar-refractivity contribution in [1.82, 2.24) is 9.97 Å². The van der Waals surface area contributed by atoms with Crippen molar-refractivity contribution < 1.29 is 19.1 Å². The summed E-state index contributed by atoms with van der Waals surface area (Å²) < 4.78 is 11.7. The molecule has 0 saturated carbocycles. The second kappa shape index (κ2) is 7.08. The fourth-order valence-electron chi connectivity index (χ4n) is 2.51. The Morgan fingerprint density at radius 2 is 1.96 bits per heavy atom. The van der Waals surface area contributed by atoms with Gasteiger partial charge in [-0.15, -0.1) is 0 Å². The molecule has 1 amide bonds. The van der Waals surface area contributed by atoms with Crippen molar-refractivity contribution in [3.63, 3.8) is 0 Å². The van der Waals surface area contributed by atoms with Crippen molar-refractivity contribution in [3.8, 4) is 22.9 Å². The standard InChI is InChI=1S/C17H13Br2N3O4/c1-7(23)26-15-11(25-2)6-9(12(18)13(15)19)17-21-10-5-3-4-8(16(20)24)14(10)22-17/h3-6H,1-2H3,(H2,20,24)(H,21,22). The Labute approximate surface area is 165 Å². The highest BCUT2D eigenvalue weighted by atomic mass is 79.9. The SMILES string of the molecule is COc1cc(-c2nc3c(C(N)=O)cccc3[nH]2)c(Br)c(Br)c1OC(C)=O. The summed E-state index contributed by atoms with van der Waals surface area (Å²) in [6.07, 6.45) is 0. The number of imidazole rings is 1. The maximum Gasteiger partial charge on any atom is 0.308 e. The predicted molar refractivity (Wildman–Crippen MR) is 103 cm³/mol. The maximum absolute atomic E-state index is 11.6. The number of primary amides is 1. The van der Waals surface area contributed by atoms with E-state index in [4.69, 9.17) is 15.2 Å². The number of carbonyl (C=O) groups excluding carboxylic acids is 2. The second-order valence-electron chi connectivity index (χ2n) is 5.33. The first-order chi connectivity index (χ1) is 12.3. The number of esters is 1. The first-order valence-electron chi connectivity index (χ1n) is 7.36. The molecule has 0 unspecified atom stereocenters. The van der Waals surface area contributed by atoms with E-state index in [1.165, 1.54) is 14.0 Å². The molecule has 2 aromatic carbocycles. The number of halogens is 2. The van der Waals surface area contributed by atoms with Crippen LogP contribution in [0.3, 0.4) is 0 Å². The van der Waals surface area contributed by atoms with Gasteiger partial charge in [-0.3, -0.25) is 9.59 Å². The number of hydrogen-bond acceptors (Lipinski definition) is 5. The van der Waals surface area contributed by atoms with Gasteiger partial charge in [0, 0.05) is 17.0 Å². The van der Waals surface area contributed by atoms with Crippen LogP contribution in [0.15, 0.2) is 33.2 Å². The van der Waals surface area contributed by atoms with E-state index in [2.05, 4.69) is 41.8 Å². The minimum Gasteiger partial charge on any atom is -0.493 e. The fourth-order valence-corrected chi connectivity index (χ4v) is 3.48. The molecular formula is C17H13Br2N3O4. The molecule has 0 atom stereocenters. The number of aromatic nitrogens is 2. The average molecular weight is 483 g/mol. The van der Waals surface area contributed by atoms with Crippen LogP contribution in [-0.4, -0.2) is 29.0 Å². The molecule has 1 aromatic heterocycles. The number of nitrogens with one attached hydrogen (secondary N) is 1. The van der Waals surface area contributed by atoms with Gasteiger partial charge in [0.25, 0.3) is 5.91 Å². The summed E-state index contributed by atoms with van der Waals surface area (Å²) in [6, 6.07) is 6.81. The van der Waals surface area contributed by atoms with Crippen LogP contribution in [0.25, 0.3) is 22.4 Å². The molecule has 0 aliphatic heterocycles. The quantitative estimate of drug-likeness (QED) is 0.434. The predicted octanol–water partition coefficient (Wildman–Crippen LogP) is 3.79. The van der Waals surface area contributed by atoms with Crippen LogP contribution in [-0.2, 0) is 4.79 Å². The Hall–Kier alpha value is -2.39. The smallest absolute Gasteiger partial charge is 0.308 e. The molecule has 0 radical (unpaired) electrons. The Morgan fingerprint density at radius 1 is 1.23 bits per heavy atom. The van der Waals surface area contributed by atoms with Crippen molar-refractivity contribution in [2.75, 3.05) is 7.11 Å². The maximum atomic E-state index is 11.6. The van der Waals surface area contributed by atoms with Gasteiger partial charge in [0.2, 0.25) is 0 Å². The van der Waals surface area contributed by atoms with Crippen LogP contribution >= 0.6 is 31.9 Å². The lowest BCUT2D eigenvalue weighted by molar-refractivity contribution is -0.132. The number of hydrogen-bond donors (Lipinski definition) is 2. The number of nitrogens with zero attached hydrogens (tertiary/aromatic N) is 1. The Morgan fingerprint density at radius 3 is 2.58 bits per heavy atom. The largest absolute Gasteiger partial charge is 0.493 e. The number of ether oxygens (including phenoxy) is 2. The van der Waals surface area contributed by atoms with E-state index in [9.17, 15) is 9.59 Å². The van der Waals surface area contributed by atoms with E-state index in [1.54, 1.807) is 24.3 Å². The average Bonchev–Trinajstić information content (AvgIpc) is 3.02. The Kier molecular flexibility index (Phi) is 5.01. The lowest BCUT2D eigenvalue weighted by atomic mass is 10.2. The molecular weight excluding hydrogens is 470 g/mol. The molecule has 0 aliphatic rings. The Balaban J connectivity index is 2.23. The zero-order valence-electron chi connectivity index (χ0n) is 13.7. The summed E-state index contributed by atoms with van der Waals surface area (Å²) in [7, 11) is 1.47. The van der Waals surface area contributed by atoms with E-state index in [1.807, 2.05) is 0 Å². The van der Waals surface area contributed by atoms with Gasteiger partial charge in [-0.2, -0.15) is 0 Å². The third-order valence-corrected chi connectivity index (χ3v) is 5.74. The molecule has 0 saturated heterocycles. The highest BCUT2D eigenvalue weighted by Gasteiger charge is 2.22. The highest BCUT2D eigenvalue weighted by Crippen LogP contribution is 2.46. The van der Waals surface area contributed by atoms with Crippen molar-refractivity contribution in [1.29, 1.82) is 0 Å². The zero-order valence-corrected chi connectivity index (χ0v) is 16.9. The van der Waals surface area contributed by atoms with E-state index in [0.717, 1.165) is 0 Å². The summed E-state index contributed by atoms with van der Waals surface area (Å²) in [5.74, 6) is 0.0644. The van der Waals surface area contributed by atoms with E-state index in [0.29, 0.717) is 42.7 Å². The van der Waals surface area contributed by atoms with Gasteiger partial charge in [-0.1, -0.05) is 6.07 Å². The van der Waals surface area contributed by atoms with E-state index >= 15 is 0 Å². The number of H-pyrrole nitrogens is 1. The number of methoxy groups -OCH3 is 1. The molecule has 26 heavy (non-hydrogen) atoms.